The molecule has 0 aliphatic rings. The lowest BCUT2D eigenvalue weighted by atomic mass is 10.1. The molecule has 2 aromatic heterocycles. The highest BCUT2D eigenvalue weighted by Gasteiger charge is 2.18. The van der Waals surface area contributed by atoms with Gasteiger partial charge in [0.05, 0.1) is 18.0 Å². The maximum atomic E-state index is 13.3. The van der Waals surface area contributed by atoms with Crippen molar-refractivity contribution in [1.82, 2.24) is 14.5 Å². The monoisotopic (exact) mass is 464 g/mol. The van der Waals surface area contributed by atoms with E-state index in [1.807, 2.05) is 59.8 Å². The van der Waals surface area contributed by atoms with Crippen molar-refractivity contribution in [3.63, 3.8) is 0 Å². The number of halogens is 1. The Morgan fingerprint density at radius 3 is 2.66 bits per heavy atom. The zero-order valence-electron chi connectivity index (χ0n) is 17.5. The SMILES string of the molecule is CN(CCOc1ccc(Cl)cc1)Cc1nc2scc(-c3ccccc3)c2c(=O)n1CC#N. The minimum atomic E-state index is -0.183. The summed E-state index contributed by atoms with van der Waals surface area (Å²) in [6.07, 6.45) is 0. The second-order valence-corrected chi connectivity index (χ2v) is 8.61. The minimum absolute atomic E-state index is 0.0453. The lowest BCUT2D eigenvalue weighted by Crippen LogP contribution is -2.31. The van der Waals surface area contributed by atoms with Crippen LogP contribution in [0.15, 0.2) is 64.8 Å². The van der Waals surface area contributed by atoms with Gasteiger partial charge in [-0.05, 0) is 36.9 Å². The summed E-state index contributed by atoms with van der Waals surface area (Å²) in [6.45, 7) is 1.48. The van der Waals surface area contributed by atoms with Crippen molar-refractivity contribution in [3.8, 4) is 22.9 Å². The molecule has 0 N–H and O–H groups in total. The van der Waals surface area contributed by atoms with Crippen molar-refractivity contribution in [2.75, 3.05) is 20.2 Å². The third-order valence-electron chi connectivity index (χ3n) is 5.05. The Balaban J connectivity index is 1.55. The summed E-state index contributed by atoms with van der Waals surface area (Å²) < 4.78 is 7.22. The first kappa shape index (κ1) is 22.0. The van der Waals surface area contributed by atoms with Gasteiger partial charge in [0.25, 0.3) is 5.56 Å². The third-order valence-corrected chi connectivity index (χ3v) is 6.18. The normalized spacial score (nSPS) is 11.1. The number of nitriles is 1. The Kier molecular flexibility index (Phi) is 6.86. The average molecular weight is 465 g/mol. The zero-order chi connectivity index (χ0) is 22.5. The molecule has 0 spiro atoms. The van der Waals surface area contributed by atoms with Gasteiger partial charge in [0, 0.05) is 22.5 Å². The van der Waals surface area contributed by atoms with E-state index in [2.05, 4.69) is 6.07 Å². The average Bonchev–Trinajstić information content (AvgIpc) is 3.22. The van der Waals surface area contributed by atoms with Crippen LogP contribution < -0.4 is 10.3 Å². The highest BCUT2D eigenvalue weighted by atomic mass is 35.5. The predicted molar refractivity (Wildman–Crippen MR) is 128 cm³/mol. The molecule has 0 radical (unpaired) electrons. The molecule has 8 heteroatoms. The van der Waals surface area contributed by atoms with Crippen LogP contribution in [0.4, 0.5) is 0 Å². The summed E-state index contributed by atoms with van der Waals surface area (Å²) in [6, 6.07) is 19.1. The molecule has 6 nitrogen and oxygen atoms in total. The number of likely N-dealkylation sites (N-methyl/N-ethyl adjacent to an activating group) is 1. The molecule has 0 amide bonds. The molecule has 0 saturated heterocycles. The Bertz CT molecular complexity index is 1310. The van der Waals surface area contributed by atoms with Crippen LogP contribution in [0.3, 0.4) is 0 Å². The molecule has 0 aliphatic carbocycles. The van der Waals surface area contributed by atoms with Crippen molar-refractivity contribution in [1.29, 1.82) is 5.26 Å². The molecule has 0 unspecified atom stereocenters. The third kappa shape index (κ3) is 4.83. The molecule has 2 heterocycles. The second-order valence-electron chi connectivity index (χ2n) is 7.31. The van der Waals surface area contributed by atoms with Gasteiger partial charge < -0.3 is 4.74 Å². The summed E-state index contributed by atoms with van der Waals surface area (Å²) in [5.74, 6) is 1.32. The largest absolute Gasteiger partial charge is 0.492 e. The van der Waals surface area contributed by atoms with Crippen LogP contribution in [0, 0.1) is 11.3 Å². The first-order valence-electron chi connectivity index (χ1n) is 10.1. The number of hydrogen-bond acceptors (Lipinski definition) is 6. The number of fused-ring (bicyclic) bond motifs is 1. The van der Waals surface area contributed by atoms with Crippen LogP contribution in [-0.4, -0.2) is 34.7 Å². The smallest absolute Gasteiger partial charge is 0.263 e. The van der Waals surface area contributed by atoms with Crippen molar-refractivity contribution in [2.45, 2.75) is 13.1 Å². The van der Waals surface area contributed by atoms with Gasteiger partial charge in [-0.2, -0.15) is 5.26 Å². The van der Waals surface area contributed by atoms with Crippen LogP contribution in [0.5, 0.6) is 5.75 Å². The predicted octanol–water partition coefficient (Wildman–Crippen LogP) is 4.81. The molecule has 162 valence electrons. The fourth-order valence-electron chi connectivity index (χ4n) is 3.42. The van der Waals surface area contributed by atoms with Crippen molar-refractivity contribution < 1.29 is 4.74 Å². The van der Waals surface area contributed by atoms with Gasteiger partial charge in [0.2, 0.25) is 0 Å². The summed E-state index contributed by atoms with van der Waals surface area (Å²) in [5.41, 5.74) is 1.63. The lowest BCUT2D eigenvalue weighted by Gasteiger charge is -2.18. The van der Waals surface area contributed by atoms with Gasteiger partial charge in [-0.25, -0.2) is 4.98 Å². The van der Waals surface area contributed by atoms with Gasteiger partial charge in [-0.15, -0.1) is 11.3 Å². The summed E-state index contributed by atoms with van der Waals surface area (Å²) in [7, 11) is 1.93. The number of ether oxygens (including phenoxy) is 1. The fourth-order valence-corrected chi connectivity index (χ4v) is 4.50. The maximum Gasteiger partial charge on any atom is 0.263 e. The quantitative estimate of drug-likeness (QED) is 0.374. The highest BCUT2D eigenvalue weighted by molar-refractivity contribution is 7.17. The molecule has 4 aromatic rings. The van der Waals surface area contributed by atoms with Crippen molar-refractivity contribution in [2.24, 2.45) is 0 Å². The molecule has 0 bridgehead atoms. The first-order valence-corrected chi connectivity index (χ1v) is 11.3. The molecule has 0 fully saturated rings. The van der Waals surface area contributed by atoms with Gasteiger partial charge in [-0.3, -0.25) is 14.3 Å². The second kappa shape index (κ2) is 9.96. The number of benzene rings is 2. The van der Waals surface area contributed by atoms with Crippen molar-refractivity contribution in [3.05, 3.63) is 81.2 Å². The number of rotatable bonds is 8. The molecule has 0 atom stereocenters. The first-order chi connectivity index (χ1) is 15.6. The van der Waals surface area contributed by atoms with Crippen LogP contribution in [-0.2, 0) is 13.1 Å². The van der Waals surface area contributed by atoms with E-state index < -0.39 is 0 Å². The molecular weight excluding hydrogens is 444 g/mol. The van der Waals surface area contributed by atoms with Gasteiger partial charge in [0.1, 0.15) is 29.6 Å². The Hall–Kier alpha value is -3.18. The van der Waals surface area contributed by atoms with Crippen LogP contribution in [0.25, 0.3) is 21.3 Å². The van der Waals surface area contributed by atoms with Crippen molar-refractivity contribution >= 4 is 33.2 Å². The molecule has 4 rings (SSSR count). The van der Waals surface area contributed by atoms with Gasteiger partial charge >= 0.3 is 0 Å². The molecular formula is C24H21ClN4O2S. The standard InChI is InChI=1S/C24H21ClN4O2S/c1-28(13-14-31-19-9-7-18(25)8-10-19)15-21-27-23-22(24(30)29(21)12-11-26)20(16-32-23)17-5-3-2-4-6-17/h2-10,16H,12-15H2,1H3. The Morgan fingerprint density at radius 2 is 1.94 bits per heavy atom. The van der Waals surface area contributed by atoms with E-state index >= 15 is 0 Å². The zero-order valence-corrected chi connectivity index (χ0v) is 19.1. The van der Waals surface area contributed by atoms with E-state index in [0.717, 1.165) is 16.9 Å². The maximum absolute atomic E-state index is 13.3. The highest BCUT2D eigenvalue weighted by Crippen LogP contribution is 2.31. The summed E-state index contributed by atoms with van der Waals surface area (Å²) >= 11 is 7.34. The van der Waals surface area contributed by atoms with E-state index in [-0.39, 0.29) is 12.1 Å². The molecule has 32 heavy (non-hydrogen) atoms. The minimum Gasteiger partial charge on any atom is -0.492 e. The van der Waals surface area contributed by atoms with E-state index in [9.17, 15) is 10.1 Å². The van der Waals surface area contributed by atoms with Gasteiger partial charge in [0.15, 0.2) is 0 Å². The number of thiophene rings is 1. The summed E-state index contributed by atoms with van der Waals surface area (Å²) in [4.78, 5) is 20.8. The van der Waals surface area contributed by atoms with E-state index in [1.165, 1.54) is 15.9 Å². The lowest BCUT2D eigenvalue weighted by molar-refractivity contribution is 0.227. The van der Waals surface area contributed by atoms with Crippen LogP contribution in [0.2, 0.25) is 5.02 Å². The molecule has 0 aliphatic heterocycles. The number of aromatic nitrogens is 2. The van der Waals surface area contributed by atoms with E-state index in [4.69, 9.17) is 21.3 Å². The molecule has 2 aromatic carbocycles. The Morgan fingerprint density at radius 1 is 1.19 bits per heavy atom. The van der Waals surface area contributed by atoms with Crippen LogP contribution in [0.1, 0.15) is 5.82 Å². The molecule has 0 saturated carbocycles. The van der Waals surface area contributed by atoms with E-state index in [1.54, 1.807) is 12.1 Å². The topological polar surface area (TPSA) is 71.2 Å². The van der Waals surface area contributed by atoms with Crippen LogP contribution >= 0.6 is 22.9 Å². The summed E-state index contributed by atoms with van der Waals surface area (Å²) in [5, 5.41) is 12.5. The Labute approximate surface area is 194 Å². The fraction of sp³-hybridized carbons (Fsp3) is 0.208. The number of hydrogen-bond donors (Lipinski definition) is 0. The van der Waals surface area contributed by atoms with E-state index in [0.29, 0.717) is 40.8 Å². The van der Waals surface area contributed by atoms with Gasteiger partial charge in [-0.1, -0.05) is 41.9 Å². The number of nitrogens with zero attached hydrogens (tertiary/aromatic N) is 4.